The van der Waals surface area contributed by atoms with Crippen LogP contribution in [0.1, 0.15) is 29.2 Å². The topological polar surface area (TPSA) is 122 Å². The van der Waals surface area contributed by atoms with E-state index in [0.717, 1.165) is 16.8 Å². The van der Waals surface area contributed by atoms with E-state index in [4.69, 9.17) is 5.26 Å². The number of aromatic nitrogens is 1. The third-order valence-corrected chi connectivity index (χ3v) is 3.99. The Kier molecular flexibility index (Phi) is 5.54. The van der Waals surface area contributed by atoms with Gasteiger partial charge in [0, 0.05) is 18.8 Å². The summed E-state index contributed by atoms with van der Waals surface area (Å²) in [7, 11) is 0. The largest absolute Gasteiger partial charge is 0.494 e. The molecular weight excluding hydrogens is 381 g/mol. The molecule has 2 aromatic rings. The highest BCUT2D eigenvalue weighted by molar-refractivity contribution is 5.88. The molecular formula is C17H13F3N4O4. The smallest absolute Gasteiger partial charge is 0.416 e. The van der Waals surface area contributed by atoms with Gasteiger partial charge in [-0.15, -0.1) is 0 Å². The molecule has 0 aliphatic rings. The number of alkyl halides is 3. The summed E-state index contributed by atoms with van der Waals surface area (Å²) in [4.78, 5) is 26.0. The van der Waals surface area contributed by atoms with Crippen LogP contribution in [0, 0.1) is 28.4 Å². The highest BCUT2D eigenvalue weighted by atomic mass is 19.4. The van der Waals surface area contributed by atoms with Gasteiger partial charge in [0.1, 0.15) is 17.3 Å². The maximum Gasteiger partial charge on any atom is 0.416 e. The fourth-order valence-electron chi connectivity index (χ4n) is 2.51. The van der Waals surface area contributed by atoms with Gasteiger partial charge in [0.15, 0.2) is 0 Å². The van der Waals surface area contributed by atoms with Crippen molar-refractivity contribution < 1.29 is 23.2 Å². The van der Waals surface area contributed by atoms with Crippen molar-refractivity contribution in [3.05, 3.63) is 60.9 Å². The third-order valence-electron chi connectivity index (χ3n) is 3.99. The van der Waals surface area contributed by atoms with Gasteiger partial charge in [-0.3, -0.25) is 19.5 Å². The Morgan fingerprint density at radius 2 is 2.07 bits per heavy atom. The molecule has 8 nitrogen and oxygen atoms in total. The summed E-state index contributed by atoms with van der Waals surface area (Å²) < 4.78 is 39.2. The monoisotopic (exact) mass is 394 g/mol. The van der Waals surface area contributed by atoms with Gasteiger partial charge in [0.05, 0.1) is 16.1 Å². The average Bonchev–Trinajstić information content (AvgIpc) is 2.61. The second-order valence-electron chi connectivity index (χ2n) is 5.62. The summed E-state index contributed by atoms with van der Waals surface area (Å²) in [6, 6.07) is 3.54. The number of aliphatic imine (C=N–C) groups is 1. The molecule has 0 amide bonds. The molecule has 11 heteroatoms. The fourth-order valence-corrected chi connectivity index (χ4v) is 2.51. The van der Waals surface area contributed by atoms with Crippen LogP contribution in [-0.2, 0) is 12.7 Å². The van der Waals surface area contributed by atoms with E-state index in [1.54, 1.807) is 13.0 Å². The molecule has 1 aromatic carbocycles. The Labute approximate surface area is 156 Å². The van der Waals surface area contributed by atoms with E-state index in [9.17, 15) is 33.2 Å². The summed E-state index contributed by atoms with van der Waals surface area (Å²) in [6.07, 6.45) is -3.80. The number of pyridine rings is 1. The predicted molar refractivity (Wildman–Crippen MR) is 92.8 cm³/mol. The van der Waals surface area contributed by atoms with E-state index in [2.05, 4.69) is 4.99 Å². The molecule has 0 atom stereocenters. The molecule has 0 aliphatic carbocycles. The number of benzene rings is 1. The lowest BCUT2D eigenvalue weighted by molar-refractivity contribution is -0.384. The van der Waals surface area contributed by atoms with Gasteiger partial charge in [-0.25, -0.2) is 4.99 Å². The number of nitriles is 1. The first-order valence-corrected chi connectivity index (χ1v) is 7.79. The Hall–Kier alpha value is -3.68. The number of nitrogens with zero attached hydrogens (tertiary/aromatic N) is 4. The average molecular weight is 394 g/mol. The first-order valence-electron chi connectivity index (χ1n) is 7.79. The Bertz CT molecular complexity index is 1080. The number of nitro benzene ring substituents is 1. The summed E-state index contributed by atoms with van der Waals surface area (Å²) in [6.45, 7) is 2.97. The maximum absolute atomic E-state index is 12.8. The first kappa shape index (κ1) is 20.6. The van der Waals surface area contributed by atoms with E-state index in [1.807, 2.05) is 0 Å². The van der Waals surface area contributed by atoms with Gasteiger partial charge in [-0.1, -0.05) is 0 Å². The molecule has 146 valence electrons. The molecule has 2 rings (SSSR count). The highest BCUT2D eigenvalue weighted by Crippen LogP contribution is 2.36. The van der Waals surface area contributed by atoms with E-state index in [-0.39, 0.29) is 28.9 Å². The number of aromatic hydroxyl groups is 1. The van der Waals surface area contributed by atoms with E-state index >= 15 is 0 Å². The molecule has 1 N–H and O–H groups in total. The third kappa shape index (κ3) is 3.71. The van der Waals surface area contributed by atoms with Crippen molar-refractivity contribution in [1.29, 1.82) is 5.26 Å². The van der Waals surface area contributed by atoms with E-state index in [1.165, 1.54) is 6.92 Å². The SMILES string of the molecule is CCn1c(O)c(C=Nc2ccc(C(F)(F)F)cc2[N+](=O)[O-])c(C)c(C#N)c1=O. The minimum absolute atomic E-state index is 0.0426. The zero-order valence-corrected chi connectivity index (χ0v) is 14.6. The molecule has 0 fully saturated rings. The van der Waals surface area contributed by atoms with Crippen molar-refractivity contribution in [1.82, 2.24) is 4.57 Å². The van der Waals surface area contributed by atoms with E-state index in [0.29, 0.717) is 12.1 Å². The standard InChI is InChI=1S/C17H13F3N4O4/c1-3-23-15(25)11(7-21)9(2)12(16(23)26)8-22-13-5-4-10(17(18,19)20)6-14(13)24(27)28/h4-6,8,26H,3H2,1-2H3. The maximum atomic E-state index is 12.8. The van der Waals surface area contributed by atoms with Gasteiger partial charge >= 0.3 is 6.18 Å². The number of hydrogen-bond donors (Lipinski definition) is 1. The van der Waals surface area contributed by atoms with Crippen LogP contribution in [0.4, 0.5) is 24.5 Å². The van der Waals surface area contributed by atoms with Crippen LogP contribution in [0.2, 0.25) is 0 Å². The lowest BCUT2D eigenvalue weighted by Crippen LogP contribution is -2.24. The molecule has 1 heterocycles. The normalized spacial score (nSPS) is 11.6. The van der Waals surface area contributed by atoms with Crippen molar-refractivity contribution >= 4 is 17.6 Å². The molecule has 0 unspecified atom stereocenters. The lowest BCUT2D eigenvalue weighted by atomic mass is 10.1. The predicted octanol–water partition coefficient (Wildman–Crippen LogP) is 3.43. The minimum atomic E-state index is -4.76. The first-order chi connectivity index (χ1) is 13.0. The van der Waals surface area contributed by atoms with Crippen molar-refractivity contribution in [3.63, 3.8) is 0 Å². The van der Waals surface area contributed by atoms with Gasteiger partial charge < -0.3 is 5.11 Å². The molecule has 0 saturated carbocycles. The molecule has 0 radical (unpaired) electrons. The van der Waals surface area contributed by atoms with Crippen LogP contribution in [0.3, 0.4) is 0 Å². The summed E-state index contributed by atoms with van der Waals surface area (Å²) >= 11 is 0. The van der Waals surface area contributed by atoms with Gasteiger partial charge in [-0.2, -0.15) is 18.4 Å². The molecule has 28 heavy (non-hydrogen) atoms. The fraction of sp³-hybridized carbons (Fsp3) is 0.235. The second-order valence-corrected chi connectivity index (χ2v) is 5.62. The second kappa shape index (κ2) is 7.51. The van der Waals surface area contributed by atoms with Gasteiger partial charge in [0.25, 0.3) is 11.2 Å². The van der Waals surface area contributed by atoms with Crippen molar-refractivity contribution in [2.24, 2.45) is 4.99 Å². The summed E-state index contributed by atoms with van der Waals surface area (Å²) in [5.74, 6) is -0.512. The lowest BCUT2D eigenvalue weighted by Gasteiger charge is -2.12. The highest BCUT2D eigenvalue weighted by Gasteiger charge is 2.33. The Balaban J connectivity index is 2.66. The zero-order valence-electron chi connectivity index (χ0n) is 14.6. The number of nitro groups is 1. The molecule has 0 aliphatic heterocycles. The van der Waals surface area contributed by atoms with Crippen LogP contribution in [-0.4, -0.2) is 20.8 Å². The molecule has 0 bridgehead atoms. The minimum Gasteiger partial charge on any atom is -0.494 e. The molecule has 0 saturated heterocycles. The van der Waals surface area contributed by atoms with Crippen molar-refractivity contribution in [3.8, 4) is 11.9 Å². The Morgan fingerprint density at radius 1 is 1.43 bits per heavy atom. The van der Waals surface area contributed by atoms with Crippen LogP contribution in [0.5, 0.6) is 5.88 Å². The summed E-state index contributed by atoms with van der Waals surface area (Å²) in [5.41, 5.74) is -3.39. The zero-order chi connectivity index (χ0) is 21.2. The quantitative estimate of drug-likeness (QED) is 0.484. The van der Waals surface area contributed by atoms with Gasteiger partial charge in [0.2, 0.25) is 5.88 Å². The number of hydrogen-bond acceptors (Lipinski definition) is 6. The van der Waals surface area contributed by atoms with Crippen LogP contribution >= 0.6 is 0 Å². The molecule has 0 spiro atoms. The number of halogens is 3. The number of rotatable bonds is 4. The van der Waals surface area contributed by atoms with E-state index < -0.39 is 33.8 Å². The van der Waals surface area contributed by atoms with Crippen LogP contribution < -0.4 is 5.56 Å². The molecule has 1 aromatic heterocycles. The van der Waals surface area contributed by atoms with Crippen LogP contribution in [0.25, 0.3) is 0 Å². The summed E-state index contributed by atoms with van der Waals surface area (Å²) in [5, 5.41) is 30.5. The van der Waals surface area contributed by atoms with Crippen LogP contribution in [0.15, 0.2) is 28.0 Å². The van der Waals surface area contributed by atoms with Crippen molar-refractivity contribution in [2.75, 3.05) is 0 Å². The Morgan fingerprint density at radius 3 is 2.57 bits per heavy atom. The van der Waals surface area contributed by atoms with Gasteiger partial charge in [-0.05, 0) is 31.5 Å². The van der Waals surface area contributed by atoms with Crippen molar-refractivity contribution in [2.45, 2.75) is 26.6 Å².